The summed E-state index contributed by atoms with van der Waals surface area (Å²) in [5, 5.41) is 8.26. The molecule has 0 atom stereocenters. The number of benzene rings is 1. The van der Waals surface area contributed by atoms with Crippen LogP contribution >= 0.6 is 11.6 Å². The van der Waals surface area contributed by atoms with Gasteiger partial charge in [-0.15, -0.1) is 0 Å². The third kappa shape index (κ3) is 3.72. The van der Waals surface area contributed by atoms with Gasteiger partial charge < -0.3 is 10.0 Å². The van der Waals surface area contributed by atoms with Gasteiger partial charge in [-0.05, 0) is 43.3 Å². The van der Waals surface area contributed by atoms with E-state index in [1.807, 2.05) is 12.1 Å². The Morgan fingerprint density at radius 2 is 2.00 bits per heavy atom. The van der Waals surface area contributed by atoms with Crippen molar-refractivity contribution < 1.29 is 10.9 Å². The maximum absolute atomic E-state index is 12.2. The van der Waals surface area contributed by atoms with Crippen LogP contribution in [0, 0.1) is 6.92 Å². The van der Waals surface area contributed by atoms with Gasteiger partial charge in [-0.2, -0.15) is 5.10 Å². The molecular formula is C17H15ClN4O2. The lowest BCUT2D eigenvalue weighted by atomic mass is 10.1. The lowest BCUT2D eigenvalue weighted by molar-refractivity contribution is -0.118. The Kier molecular flexibility index (Phi) is 4.38. The summed E-state index contributed by atoms with van der Waals surface area (Å²) in [5.74, 6) is 0.282. The smallest absolute Gasteiger partial charge is 0.263 e. The number of ether oxygens (including phenoxy) is 1. The van der Waals surface area contributed by atoms with Crippen molar-refractivity contribution in [2.24, 2.45) is 0 Å². The Morgan fingerprint density at radius 1 is 1.29 bits per heavy atom. The van der Waals surface area contributed by atoms with E-state index in [0.717, 1.165) is 10.9 Å². The van der Waals surface area contributed by atoms with Crippen molar-refractivity contribution in [1.82, 2.24) is 15.2 Å². The topological polar surface area (TPSA) is 79.9 Å². The van der Waals surface area contributed by atoms with E-state index >= 15 is 0 Å². The minimum absolute atomic E-state index is 0.270. The van der Waals surface area contributed by atoms with Gasteiger partial charge in [-0.25, -0.2) is 0 Å². The zero-order valence-electron chi connectivity index (χ0n) is 13.9. The molecule has 24 heavy (non-hydrogen) atoms. The highest BCUT2D eigenvalue weighted by molar-refractivity contribution is 6.30. The number of pyridine rings is 1. The van der Waals surface area contributed by atoms with E-state index < -0.39 is 5.91 Å². The third-order valence-corrected chi connectivity index (χ3v) is 3.60. The van der Waals surface area contributed by atoms with Crippen molar-refractivity contribution in [3.8, 4) is 17.0 Å². The summed E-state index contributed by atoms with van der Waals surface area (Å²) in [4.78, 5) is 16.2. The molecule has 2 heterocycles. The molecule has 3 rings (SSSR count). The van der Waals surface area contributed by atoms with Crippen molar-refractivity contribution in [2.75, 3.05) is 11.9 Å². The minimum atomic E-state index is -0.525. The minimum Gasteiger partial charge on any atom is -0.484 e. The van der Waals surface area contributed by atoms with Gasteiger partial charge in [0.2, 0.25) is 0 Å². The maximum atomic E-state index is 12.2. The van der Waals surface area contributed by atoms with Gasteiger partial charge in [0.05, 0.1) is 5.69 Å². The standard InChI is InChI=1S/C17H15ClN4O2/c1-11-16(12-6-8-19-9-7-12)21-22-17(11)20-15(23)10-24-14-4-2-13(18)3-5-14/h2-9H,10H2,1H3,(H2,20,21,22,23)/i/hD. The normalized spacial score (nSPS) is 11.0. The predicted octanol–water partition coefficient (Wildman–Crippen LogP) is 3.45. The van der Waals surface area contributed by atoms with Crippen LogP contribution in [-0.2, 0) is 4.79 Å². The Labute approximate surface area is 145 Å². The predicted molar refractivity (Wildman–Crippen MR) is 92.1 cm³/mol. The van der Waals surface area contributed by atoms with Crippen molar-refractivity contribution in [3.05, 3.63) is 59.4 Å². The van der Waals surface area contributed by atoms with Crippen LogP contribution < -0.4 is 10.0 Å². The zero-order valence-corrected chi connectivity index (χ0v) is 13.6. The summed E-state index contributed by atoms with van der Waals surface area (Å²) in [6.07, 6.45) is 3.32. The highest BCUT2D eigenvalue weighted by Gasteiger charge is 2.13. The van der Waals surface area contributed by atoms with Crippen LogP contribution in [0.4, 0.5) is 5.82 Å². The number of rotatable bonds is 5. The Bertz CT molecular complexity index is 868. The number of nitrogens with one attached hydrogen (secondary N) is 2. The molecule has 0 radical (unpaired) electrons. The number of nitrogens with zero attached hydrogens (tertiary/aromatic N) is 2. The van der Waals surface area contributed by atoms with Crippen molar-refractivity contribution in [1.29, 1.82) is 0 Å². The first kappa shape index (κ1) is 14.7. The number of hydrogen-bond acceptors (Lipinski definition) is 4. The van der Waals surface area contributed by atoms with Gasteiger partial charge in [-0.3, -0.25) is 14.9 Å². The average Bonchev–Trinajstić information content (AvgIpc) is 3.02. The number of halogens is 1. The van der Waals surface area contributed by atoms with Gasteiger partial charge in [0.15, 0.2) is 8.02 Å². The summed E-state index contributed by atoms with van der Waals surface area (Å²) in [5.41, 5.74) is 2.22. The number of H-pyrrole nitrogens is 1. The van der Waals surface area contributed by atoms with E-state index in [-0.39, 0.29) is 6.61 Å². The molecule has 0 aliphatic rings. The quantitative estimate of drug-likeness (QED) is 0.743. The molecular weight excluding hydrogens is 328 g/mol. The molecule has 6 nitrogen and oxygen atoms in total. The molecule has 1 aromatic carbocycles. The summed E-state index contributed by atoms with van der Waals surface area (Å²) in [7, 11) is 0. The second-order valence-corrected chi connectivity index (χ2v) is 5.47. The Hall–Kier alpha value is -2.86. The number of carbonyl (C=O) groups excluding carboxylic acids is 1. The Morgan fingerprint density at radius 3 is 2.71 bits per heavy atom. The van der Waals surface area contributed by atoms with E-state index in [2.05, 4.69) is 15.2 Å². The van der Waals surface area contributed by atoms with Crippen molar-refractivity contribution in [2.45, 2.75) is 6.92 Å². The summed E-state index contributed by atoms with van der Waals surface area (Å²) in [6, 6.07) is 10.3. The SMILES string of the molecule is [2H]N(C(=O)COc1ccc(Cl)cc1)c1[nH]nc(-c2ccncc2)c1C. The fourth-order valence-corrected chi connectivity index (χ4v) is 2.25. The molecule has 2 aromatic heterocycles. The van der Waals surface area contributed by atoms with Crippen molar-refractivity contribution >= 4 is 23.3 Å². The van der Waals surface area contributed by atoms with Crippen LogP contribution in [0.3, 0.4) is 0 Å². The molecule has 7 heteroatoms. The first-order valence-electron chi connectivity index (χ1n) is 7.66. The molecule has 0 spiro atoms. The lowest BCUT2D eigenvalue weighted by Crippen LogP contribution is -2.20. The van der Waals surface area contributed by atoms with Crippen LogP contribution in [0.5, 0.6) is 5.75 Å². The average molecular weight is 344 g/mol. The molecule has 0 aliphatic carbocycles. The molecule has 1 amide bonds. The number of aromatic nitrogens is 3. The molecule has 0 fully saturated rings. The first-order valence-corrected chi connectivity index (χ1v) is 7.59. The van der Waals surface area contributed by atoms with E-state index in [1.54, 1.807) is 43.6 Å². The van der Waals surface area contributed by atoms with E-state index in [1.165, 1.54) is 0 Å². The van der Waals surface area contributed by atoms with Gasteiger partial charge in [0.25, 0.3) is 5.91 Å². The Balaban J connectivity index is 1.70. The molecule has 0 bridgehead atoms. The molecule has 2 N–H and O–H groups in total. The molecule has 0 saturated carbocycles. The molecule has 0 aliphatic heterocycles. The number of hydrogen-bond donors (Lipinski definition) is 2. The fraction of sp³-hybridized carbons (Fsp3) is 0.118. The van der Waals surface area contributed by atoms with Gasteiger partial charge in [-0.1, -0.05) is 11.6 Å². The summed E-state index contributed by atoms with van der Waals surface area (Å²) >= 11 is 5.80. The van der Waals surface area contributed by atoms with E-state index in [4.69, 9.17) is 17.7 Å². The summed E-state index contributed by atoms with van der Waals surface area (Å²) < 4.78 is 13.4. The highest BCUT2D eigenvalue weighted by atomic mass is 35.5. The van der Waals surface area contributed by atoms with Crippen LogP contribution in [0.25, 0.3) is 11.3 Å². The largest absolute Gasteiger partial charge is 0.484 e. The van der Waals surface area contributed by atoms with Crippen LogP contribution in [0.15, 0.2) is 48.8 Å². The number of carbonyl (C=O) groups is 1. The molecule has 122 valence electrons. The third-order valence-electron chi connectivity index (χ3n) is 3.35. The van der Waals surface area contributed by atoms with Crippen LogP contribution in [0.1, 0.15) is 5.56 Å². The van der Waals surface area contributed by atoms with Gasteiger partial charge >= 0.3 is 0 Å². The monoisotopic (exact) mass is 343 g/mol. The van der Waals surface area contributed by atoms with Crippen LogP contribution in [-0.4, -0.2) is 27.7 Å². The van der Waals surface area contributed by atoms with E-state index in [9.17, 15) is 4.79 Å². The molecule has 3 aromatic rings. The second-order valence-electron chi connectivity index (χ2n) is 5.03. The highest BCUT2D eigenvalue weighted by Crippen LogP contribution is 2.25. The van der Waals surface area contributed by atoms with Crippen molar-refractivity contribution in [3.63, 3.8) is 0 Å². The van der Waals surface area contributed by atoms with E-state index in [0.29, 0.717) is 27.8 Å². The second kappa shape index (κ2) is 7.14. The van der Waals surface area contributed by atoms with Gasteiger partial charge in [0.1, 0.15) is 11.6 Å². The first-order chi connectivity index (χ1) is 12.1. The number of aromatic amines is 1. The van der Waals surface area contributed by atoms with Crippen LogP contribution in [0.2, 0.25) is 6.43 Å². The fourth-order valence-electron chi connectivity index (χ4n) is 2.12. The lowest BCUT2D eigenvalue weighted by Gasteiger charge is -2.07. The zero-order chi connectivity index (χ0) is 17.8. The van der Waals surface area contributed by atoms with Gasteiger partial charge in [0, 0.05) is 28.5 Å². The number of anilines is 1. The molecule has 0 unspecified atom stereocenters. The number of amides is 1. The molecule has 0 saturated heterocycles. The summed E-state index contributed by atoms with van der Waals surface area (Å²) in [6.45, 7) is 1.53. The maximum Gasteiger partial charge on any atom is 0.263 e.